The van der Waals surface area contributed by atoms with E-state index in [1.54, 1.807) is 4.90 Å². The number of piperidine rings is 2. The summed E-state index contributed by atoms with van der Waals surface area (Å²) < 4.78 is 47.3. The van der Waals surface area contributed by atoms with Crippen LogP contribution in [0.15, 0.2) is 60.7 Å². The second-order valence-electron chi connectivity index (χ2n) is 10.6. The van der Waals surface area contributed by atoms with Crippen LogP contribution in [0.5, 0.6) is 0 Å². The van der Waals surface area contributed by atoms with Crippen LogP contribution in [-0.2, 0) is 11.2 Å². The van der Waals surface area contributed by atoms with Crippen molar-refractivity contribution in [2.24, 2.45) is 0 Å². The first-order valence-electron chi connectivity index (χ1n) is 12.8. The lowest BCUT2D eigenvalue weighted by molar-refractivity contribution is -0.0843. The van der Waals surface area contributed by atoms with E-state index < -0.39 is 29.1 Å². The molecule has 2 atom stereocenters. The Labute approximate surface area is 213 Å². The predicted molar refractivity (Wildman–Crippen MR) is 133 cm³/mol. The Morgan fingerprint density at radius 1 is 0.892 bits per heavy atom. The van der Waals surface area contributed by atoms with Crippen LogP contribution in [0.4, 0.5) is 18.0 Å². The van der Waals surface area contributed by atoms with E-state index in [-0.39, 0.29) is 49.4 Å². The van der Waals surface area contributed by atoms with Crippen molar-refractivity contribution in [1.29, 1.82) is 0 Å². The van der Waals surface area contributed by atoms with Crippen LogP contribution in [0.1, 0.15) is 54.7 Å². The highest BCUT2D eigenvalue weighted by Gasteiger charge is 2.48. The molecule has 0 spiro atoms. The van der Waals surface area contributed by atoms with Crippen LogP contribution in [0.3, 0.4) is 0 Å². The Morgan fingerprint density at radius 3 is 2.08 bits per heavy atom. The Morgan fingerprint density at radius 2 is 1.46 bits per heavy atom. The fourth-order valence-corrected chi connectivity index (χ4v) is 6.69. The number of nitrogens with zero attached hydrogens (tertiary/aromatic N) is 1. The van der Waals surface area contributed by atoms with Gasteiger partial charge >= 0.3 is 6.09 Å². The molecule has 2 aliphatic heterocycles. The van der Waals surface area contributed by atoms with Crippen LogP contribution < -0.4 is 0 Å². The molecule has 1 N–H and O–H groups in total. The van der Waals surface area contributed by atoms with Gasteiger partial charge in [-0.25, -0.2) is 18.0 Å². The summed E-state index contributed by atoms with van der Waals surface area (Å²) in [6.07, 6.45) is 2.22. The molecule has 2 bridgehead atoms. The molecular weight excluding hydrogens is 479 g/mol. The minimum absolute atomic E-state index is 0.0470. The molecule has 6 rings (SSSR count). The molecular formula is C30H28F3NO3. The molecule has 37 heavy (non-hydrogen) atoms. The normalized spacial score (nSPS) is 24.5. The second kappa shape index (κ2) is 9.21. The molecule has 192 valence electrons. The molecule has 0 aromatic heterocycles. The van der Waals surface area contributed by atoms with Crippen molar-refractivity contribution < 1.29 is 27.8 Å². The first-order chi connectivity index (χ1) is 17.8. The number of fused-ring (bicyclic) bond motifs is 5. The maximum absolute atomic E-state index is 14.3. The first kappa shape index (κ1) is 24.0. The van der Waals surface area contributed by atoms with Crippen molar-refractivity contribution in [3.8, 4) is 11.1 Å². The molecule has 0 saturated carbocycles. The third-order valence-corrected chi connectivity index (χ3v) is 8.25. The van der Waals surface area contributed by atoms with Gasteiger partial charge in [-0.15, -0.1) is 0 Å². The number of hydrogen-bond donors (Lipinski definition) is 1. The van der Waals surface area contributed by atoms with Gasteiger partial charge in [-0.1, -0.05) is 48.5 Å². The minimum Gasteiger partial charge on any atom is -0.448 e. The van der Waals surface area contributed by atoms with Crippen molar-refractivity contribution in [3.05, 3.63) is 94.8 Å². The molecule has 0 radical (unpaired) electrons. The highest BCUT2D eigenvalue weighted by molar-refractivity contribution is 5.79. The minimum atomic E-state index is -1.32. The van der Waals surface area contributed by atoms with Gasteiger partial charge in [-0.05, 0) is 66.0 Å². The Balaban J connectivity index is 1.17. The number of benzene rings is 3. The van der Waals surface area contributed by atoms with Gasteiger partial charge in [0.15, 0.2) is 11.6 Å². The largest absolute Gasteiger partial charge is 0.448 e. The summed E-state index contributed by atoms with van der Waals surface area (Å²) in [6, 6.07) is 17.1. The average molecular weight is 508 g/mol. The number of ether oxygens (including phenoxy) is 1. The summed E-state index contributed by atoms with van der Waals surface area (Å²) in [5.41, 5.74) is 3.21. The van der Waals surface area contributed by atoms with Crippen LogP contribution in [0.25, 0.3) is 11.1 Å². The van der Waals surface area contributed by atoms with E-state index in [0.29, 0.717) is 18.9 Å². The lowest BCUT2D eigenvalue weighted by atomic mass is 9.73. The highest BCUT2D eigenvalue weighted by atomic mass is 19.2. The van der Waals surface area contributed by atoms with E-state index in [4.69, 9.17) is 4.74 Å². The third kappa shape index (κ3) is 4.29. The summed E-state index contributed by atoms with van der Waals surface area (Å²) in [7, 11) is 0. The van der Waals surface area contributed by atoms with Gasteiger partial charge in [0.1, 0.15) is 12.4 Å². The van der Waals surface area contributed by atoms with Crippen molar-refractivity contribution in [2.45, 2.75) is 62.1 Å². The summed E-state index contributed by atoms with van der Waals surface area (Å²) in [5.74, 6) is -3.32. The second-order valence-corrected chi connectivity index (χ2v) is 10.6. The summed E-state index contributed by atoms with van der Waals surface area (Å²) in [5, 5.41) is 11.4. The molecule has 1 amide bonds. The Hall–Kier alpha value is -3.32. The van der Waals surface area contributed by atoms with Gasteiger partial charge in [-0.3, -0.25) is 0 Å². The zero-order valence-corrected chi connectivity index (χ0v) is 20.3. The van der Waals surface area contributed by atoms with E-state index >= 15 is 0 Å². The van der Waals surface area contributed by atoms with E-state index in [0.717, 1.165) is 34.7 Å². The number of hydrogen-bond acceptors (Lipinski definition) is 3. The average Bonchev–Trinajstić information content (AvgIpc) is 3.19. The monoisotopic (exact) mass is 507 g/mol. The highest BCUT2D eigenvalue weighted by Crippen LogP contribution is 2.45. The predicted octanol–water partition coefficient (Wildman–Crippen LogP) is 6.34. The molecule has 2 saturated heterocycles. The van der Waals surface area contributed by atoms with Crippen molar-refractivity contribution in [1.82, 2.24) is 4.90 Å². The van der Waals surface area contributed by atoms with Gasteiger partial charge in [0, 0.05) is 30.5 Å². The van der Waals surface area contributed by atoms with Gasteiger partial charge in [0.05, 0.1) is 5.60 Å². The van der Waals surface area contributed by atoms with Crippen LogP contribution in [0.2, 0.25) is 0 Å². The molecule has 2 unspecified atom stereocenters. The molecule has 3 aliphatic rings. The topological polar surface area (TPSA) is 49.8 Å². The Bertz CT molecular complexity index is 1300. The summed E-state index contributed by atoms with van der Waals surface area (Å²) >= 11 is 0. The molecule has 4 nitrogen and oxygen atoms in total. The number of halogens is 3. The standard InChI is InChI=1S/C30H28F3NO3/c31-26-13-28(33)27(32)12-18(26)14-30(36)15-19-6-5-7-20(16-30)34(19)29(35)37-17-25-23-10-3-1-8-21(23)22-9-2-4-11-24(22)25/h1-4,8-13,19-20,25,36H,5-7,14-17H2. The number of rotatable bonds is 4. The maximum atomic E-state index is 14.3. The van der Waals surface area contributed by atoms with Gasteiger partial charge in [0.25, 0.3) is 0 Å². The van der Waals surface area contributed by atoms with E-state index in [2.05, 4.69) is 24.3 Å². The fraction of sp³-hybridized carbons (Fsp3) is 0.367. The lowest BCUT2D eigenvalue weighted by Gasteiger charge is -2.51. The smallest absolute Gasteiger partial charge is 0.410 e. The quantitative estimate of drug-likeness (QED) is 0.419. The zero-order valence-electron chi connectivity index (χ0n) is 20.3. The van der Waals surface area contributed by atoms with E-state index in [9.17, 15) is 23.1 Å². The Kier molecular flexibility index (Phi) is 5.98. The lowest BCUT2D eigenvalue weighted by Crippen LogP contribution is -2.60. The number of carbonyl (C=O) groups excluding carboxylic acids is 1. The van der Waals surface area contributed by atoms with Gasteiger partial charge in [-0.2, -0.15) is 0 Å². The maximum Gasteiger partial charge on any atom is 0.410 e. The molecule has 1 aliphatic carbocycles. The van der Waals surface area contributed by atoms with E-state index in [1.807, 2.05) is 24.3 Å². The molecule has 3 aromatic carbocycles. The summed E-state index contributed by atoms with van der Waals surface area (Å²) in [6.45, 7) is 0.215. The van der Waals surface area contributed by atoms with Crippen LogP contribution >= 0.6 is 0 Å². The van der Waals surface area contributed by atoms with Gasteiger partial charge < -0.3 is 14.7 Å². The SMILES string of the molecule is O=C(OCC1c2ccccc2-c2ccccc21)N1C2CCCC1CC(O)(Cc1cc(F)c(F)cc1F)C2. The number of carbonyl (C=O) groups is 1. The van der Waals surface area contributed by atoms with E-state index in [1.165, 1.54) is 0 Å². The third-order valence-electron chi connectivity index (χ3n) is 8.25. The van der Waals surface area contributed by atoms with Gasteiger partial charge in [0.2, 0.25) is 0 Å². The fourth-order valence-electron chi connectivity index (χ4n) is 6.69. The van der Waals surface area contributed by atoms with Crippen molar-refractivity contribution in [2.75, 3.05) is 6.61 Å². The zero-order chi connectivity index (χ0) is 25.7. The van der Waals surface area contributed by atoms with Crippen LogP contribution in [-0.4, -0.2) is 40.4 Å². The molecule has 2 heterocycles. The summed E-state index contributed by atoms with van der Waals surface area (Å²) in [4.78, 5) is 15.1. The number of aliphatic hydroxyl groups is 1. The van der Waals surface area contributed by atoms with Crippen LogP contribution in [0, 0.1) is 17.5 Å². The molecule has 3 aromatic rings. The van der Waals surface area contributed by atoms with Crippen molar-refractivity contribution >= 4 is 6.09 Å². The molecule has 2 fully saturated rings. The first-order valence-corrected chi connectivity index (χ1v) is 12.8. The van der Waals surface area contributed by atoms with Crippen molar-refractivity contribution in [3.63, 3.8) is 0 Å². The number of amides is 1. The molecule has 7 heteroatoms.